The molecule has 194 valence electrons. The van der Waals surface area contributed by atoms with Gasteiger partial charge in [0.25, 0.3) is 11.7 Å². The van der Waals surface area contributed by atoms with Crippen LogP contribution in [-0.2, 0) is 12.7 Å². The van der Waals surface area contributed by atoms with Crippen LogP contribution in [0.5, 0.6) is 5.75 Å². The highest BCUT2D eigenvalue weighted by Crippen LogP contribution is 2.41. The van der Waals surface area contributed by atoms with Gasteiger partial charge in [-0.15, -0.1) is 0 Å². The number of fused-ring (bicyclic) bond motifs is 1. The summed E-state index contributed by atoms with van der Waals surface area (Å²) >= 11 is 12.2. The molecule has 5 aromatic rings. The van der Waals surface area contributed by atoms with Gasteiger partial charge in [-0.3, -0.25) is 4.79 Å². The number of hydrogen-bond acceptors (Lipinski definition) is 7. The molecule has 0 saturated carbocycles. The van der Waals surface area contributed by atoms with Gasteiger partial charge in [0.05, 0.1) is 12.2 Å². The summed E-state index contributed by atoms with van der Waals surface area (Å²) < 4.78 is 55.6. The highest BCUT2D eigenvalue weighted by molar-refractivity contribution is 6.35. The summed E-state index contributed by atoms with van der Waals surface area (Å²) in [5, 5.41) is 4.22. The number of alkyl halides is 3. The number of carbonyl (C=O) groups excluding carboxylic acids is 1. The molecule has 8 nitrogen and oxygen atoms in total. The lowest BCUT2D eigenvalue weighted by molar-refractivity contribution is -0.143. The Labute approximate surface area is 223 Å². The van der Waals surface area contributed by atoms with Crippen molar-refractivity contribution < 1.29 is 27.2 Å². The number of halogens is 5. The second-order valence-electron chi connectivity index (χ2n) is 8.00. The van der Waals surface area contributed by atoms with Crippen LogP contribution >= 0.6 is 23.2 Å². The molecule has 0 N–H and O–H groups in total. The Hall–Kier alpha value is -3.96. The van der Waals surface area contributed by atoms with Gasteiger partial charge in [-0.25, -0.2) is 9.97 Å². The molecule has 0 atom stereocenters. The number of nitrogens with zero attached hydrogens (tertiary/aromatic N) is 5. The number of ketones is 1. The third-order valence-electron chi connectivity index (χ3n) is 5.62. The van der Waals surface area contributed by atoms with Crippen molar-refractivity contribution in [3.8, 4) is 17.3 Å². The first-order valence-corrected chi connectivity index (χ1v) is 11.9. The van der Waals surface area contributed by atoms with E-state index in [1.165, 1.54) is 55.0 Å². The van der Waals surface area contributed by atoms with E-state index in [2.05, 4.69) is 20.1 Å². The quantitative estimate of drug-likeness (QED) is 0.210. The molecular formula is C25H16Cl2F3N5O3. The lowest BCUT2D eigenvalue weighted by Gasteiger charge is -2.15. The summed E-state index contributed by atoms with van der Waals surface area (Å²) in [4.78, 5) is 25.3. The summed E-state index contributed by atoms with van der Waals surface area (Å²) in [6, 6.07) is 10.3. The number of ether oxygens (including phenoxy) is 1. The van der Waals surface area contributed by atoms with E-state index in [0.717, 1.165) is 4.57 Å². The smallest absolute Gasteiger partial charge is 0.432 e. The maximum absolute atomic E-state index is 14.7. The topological polar surface area (TPSA) is 95.9 Å². The van der Waals surface area contributed by atoms with Gasteiger partial charge in [0, 0.05) is 33.7 Å². The molecule has 0 spiro atoms. The summed E-state index contributed by atoms with van der Waals surface area (Å²) in [5.74, 6) is -1.52. The Bertz CT molecular complexity index is 1650. The summed E-state index contributed by atoms with van der Waals surface area (Å²) in [7, 11) is 0. The van der Waals surface area contributed by atoms with Gasteiger partial charge in [0.2, 0.25) is 5.82 Å². The van der Waals surface area contributed by atoms with Gasteiger partial charge in [-0.05, 0) is 48.9 Å². The van der Waals surface area contributed by atoms with E-state index in [0.29, 0.717) is 10.6 Å². The molecule has 38 heavy (non-hydrogen) atoms. The monoisotopic (exact) mass is 561 g/mol. The largest absolute Gasteiger partial charge is 0.494 e. The molecule has 0 aliphatic carbocycles. The molecule has 3 aromatic heterocycles. The van der Waals surface area contributed by atoms with Gasteiger partial charge in [0.1, 0.15) is 23.5 Å². The zero-order valence-electron chi connectivity index (χ0n) is 19.5. The third-order valence-corrected chi connectivity index (χ3v) is 6.20. The lowest BCUT2D eigenvalue weighted by atomic mass is 10.1. The van der Waals surface area contributed by atoms with Crippen molar-refractivity contribution in [3.63, 3.8) is 0 Å². The number of rotatable bonds is 7. The highest BCUT2D eigenvalue weighted by Gasteiger charge is 2.42. The van der Waals surface area contributed by atoms with Gasteiger partial charge < -0.3 is 13.8 Å². The molecule has 0 aliphatic heterocycles. The van der Waals surface area contributed by atoms with Crippen LogP contribution in [0.3, 0.4) is 0 Å². The minimum atomic E-state index is -4.94. The summed E-state index contributed by atoms with van der Waals surface area (Å²) in [6.45, 7) is 1.71. The van der Waals surface area contributed by atoms with Crippen LogP contribution < -0.4 is 4.74 Å². The third kappa shape index (κ3) is 4.82. The highest BCUT2D eigenvalue weighted by atomic mass is 35.5. The van der Waals surface area contributed by atoms with E-state index >= 15 is 0 Å². The van der Waals surface area contributed by atoms with Crippen molar-refractivity contribution in [2.45, 2.75) is 19.6 Å². The maximum Gasteiger partial charge on any atom is 0.432 e. The molecular weight excluding hydrogens is 546 g/mol. The van der Waals surface area contributed by atoms with Crippen LogP contribution in [-0.4, -0.2) is 37.1 Å². The Morgan fingerprint density at radius 3 is 2.63 bits per heavy atom. The molecule has 5 rings (SSSR count). The zero-order chi connectivity index (χ0) is 27.0. The molecule has 0 radical (unpaired) electrons. The lowest BCUT2D eigenvalue weighted by Crippen LogP contribution is -2.19. The SMILES string of the molecule is CCOc1ccc2c(c1)c(C(=O)c1nc(-c3ccncn3)no1)c(C(F)(F)F)n2Cc1ccc(Cl)cc1Cl. The normalized spacial score (nSPS) is 11.7. The van der Waals surface area contributed by atoms with Crippen LogP contribution in [0.1, 0.15) is 34.4 Å². The predicted molar refractivity (Wildman–Crippen MR) is 132 cm³/mol. The molecule has 13 heteroatoms. The Morgan fingerprint density at radius 1 is 1.13 bits per heavy atom. The number of hydrogen-bond donors (Lipinski definition) is 0. The van der Waals surface area contributed by atoms with Gasteiger partial charge in [-0.1, -0.05) is 34.4 Å². The first-order chi connectivity index (χ1) is 18.2. The molecule has 2 aromatic carbocycles. The van der Waals surface area contributed by atoms with Crippen LogP contribution in [0.15, 0.2) is 59.5 Å². The average Bonchev–Trinajstić information content (AvgIpc) is 3.49. The van der Waals surface area contributed by atoms with Crippen LogP contribution in [0.2, 0.25) is 10.0 Å². The fraction of sp³-hybridized carbons (Fsp3) is 0.160. The summed E-state index contributed by atoms with van der Waals surface area (Å²) in [6.07, 6.45) is -2.28. The van der Waals surface area contributed by atoms with E-state index in [4.69, 9.17) is 32.5 Å². The predicted octanol–water partition coefficient (Wildman–Crippen LogP) is 6.48. The molecule has 3 heterocycles. The van der Waals surface area contributed by atoms with Gasteiger partial charge >= 0.3 is 6.18 Å². The van der Waals surface area contributed by atoms with Crippen LogP contribution in [0, 0.1) is 0 Å². The van der Waals surface area contributed by atoms with Crippen molar-refractivity contribution >= 4 is 39.9 Å². The number of carbonyl (C=O) groups is 1. The minimum absolute atomic E-state index is 0.000136. The second kappa shape index (κ2) is 10.1. The average molecular weight is 562 g/mol. The van der Waals surface area contributed by atoms with Crippen molar-refractivity contribution in [1.29, 1.82) is 0 Å². The molecule has 0 amide bonds. The summed E-state index contributed by atoms with van der Waals surface area (Å²) in [5.41, 5.74) is -1.12. The molecule has 0 saturated heterocycles. The fourth-order valence-electron chi connectivity index (χ4n) is 4.05. The maximum atomic E-state index is 14.7. The minimum Gasteiger partial charge on any atom is -0.494 e. The Kier molecular flexibility index (Phi) is 6.80. The zero-order valence-corrected chi connectivity index (χ0v) is 21.0. The number of benzene rings is 2. The van der Waals surface area contributed by atoms with E-state index in [1.807, 2.05) is 0 Å². The van der Waals surface area contributed by atoms with E-state index in [9.17, 15) is 18.0 Å². The van der Waals surface area contributed by atoms with Crippen LogP contribution in [0.25, 0.3) is 22.4 Å². The number of aromatic nitrogens is 5. The first-order valence-electron chi connectivity index (χ1n) is 11.1. The van der Waals surface area contributed by atoms with Crippen molar-refractivity contribution in [3.05, 3.63) is 87.7 Å². The fourth-order valence-corrected chi connectivity index (χ4v) is 4.52. The molecule has 0 unspecified atom stereocenters. The van der Waals surface area contributed by atoms with Crippen molar-refractivity contribution in [2.75, 3.05) is 6.61 Å². The Morgan fingerprint density at radius 2 is 1.95 bits per heavy atom. The van der Waals surface area contributed by atoms with Gasteiger partial charge in [-0.2, -0.15) is 18.2 Å². The van der Waals surface area contributed by atoms with Crippen molar-refractivity contribution in [2.24, 2.45) is 0 Å². The van der Waals surface area contributed by atoms with E-state index in [-0.39, 0.29) is 46.3 Å². The first kappa shape index (κ1) is 25.7. The van der Waals surface area contributed by atoms with Crippen LogP contribution in [0.4, 0.5) is 13.2 Å². The standard InChI is InChI=1S/C25H16Cl2F3N5O3/c1-2-37-15-5-6-19-16(10-15)20(21(36)24-33-23(34-38-24)18-7-8-31-12-32-18)22(25(28,29)30)35(19)11-13-3-4-14(26)9-17(13)27/h3-10,12H,2,11H2,1H3. The molecule has 0 bridgehead atoms. The van der Waals surface area contributed by atoms with Crippen molar-refractivity contribution in [1.82, 2.24) is 24.7 Å². The van der Waals surface area contributed by atoms with E-state index in [1.54, 1.807) is 6.92 Å². The Balaban J connectivity index is 1.73. The van der Waals surface area contributed by atoms with E-state index < -0.39 is 29.1 Å². The molecule has 0 fully saturated rings. The molecule has 0 aliphatic rings. The second-order valence-corrected chi connectivity index (χ2v) is 8.85. The van der Waals surface area contributed by atoms with Gasteiger partial charge in [0.15, 0.2) is 0 Å².